The third-order valence-corrected chi connectivity index (χ3v) is 4.51. The van der Waals surface area contributed by atoms with Crippen LogP contribution in [0.5, 0.6) is 0 Å². The Bertz CT molecular complexity index is 1260. The Kier molecular flexibility index (Phi) is 3.26. The molecule has 5 aromatic rings. The number of benzene rings is 2. The Morgan fingerprint density at radius 2 is 1.85 bits per heavy atom. The Balaban J connectivity index is 1.85. The summed E-state index contributed by atoms with van der Waals surface area (Å²) in [6.45, 7) is 1.96. The number of aromatic nitrogens is 6. The number of hydrogen-bond donors (Lipinski definition) is 0. The van der Waals surface area contributed by atoms with Crippen molar-refractivity contribution in [1.82, 2.24) is 29.4 Å². The molecule has 3 aromatic heterocycles. The minimum atomic E-state index is 0.625. The zero-order valence-corrected chi connectivity index (χ0v) is 14.6. The van der Waals surface area contributed by atoms with Crippen LogP contribution in [0.15, 0.2) is 60.9 Å². The van der Waals surface area contributed by atoms with E-state index in [-0.39, 0.29) is 0 Å². The fourth-order valence-electron chi connectivity index (χ4n) is 3.13. The highest BCUT2D eigenvalue weighted by molar-refractivity contribution is 6.31. The third-order valence-electron chi connectivity index (χ3n) is 4.27. The van der Waals surface area contributed by atoms with E-state index < -0.39 is 0 Å². The number of nitrogens with zero attached hydrogens (tertiary/aromatic N) is 6. The van der Waals surface area contributed by atoms with Crippen molar-refractivity contribution in [2.75, 3.05) is 0 Å². The van der Waals surface area contributed by atoms with Crippen LogP contribution in [0.2, 0.25) is 5.02 Å². The number of halogens is 1. The molecule has 5 rings (SSSR count). The second-order valence-corrected chi connectivity index (χ2v) is 6.48. The van der Waals surface area contributed by atoms with Crippen LogP contribution in [0, 0.1) is 6.92 Å². The lowest BCUT2D eigenvalue weighted by Gasteiger charge is -2.10. The monoisotopic (exact) mass is 360 g/mol. The van der Waals surface area contributed by atoms with E-state index in [0.717, 1.165) is 28.0 Å². The van der Waals surface area contributed by atoms with E-state index in [4.69, 9.17) is 16.6 Å². The maximum atomic E-state index is 6.15. The van der Waals surface area contributed by atoms with Gasteiger partial charge in [0.25, 0.3) is 0 Å². The van der Waals surface area contributed by atoms with Crippen LogP contribution in [0.25, 0.3) is 33.8 Å². The summed E-state index contributed by atoms with van der Waals surface area (Å²) in [4.78, 5) is 4.80. The topological polar surface area (TPSA) is 60.9 Å². The van der Waals surface area contributed by atoms with Crippen molar-refractivity contribution in [1.29, 1.82) is 0 Å². The summed E-state index contributed by atoms with van der Waals surface area (Å²) < 4.78 is 3.71. The molecule has 2 aromatic carbocycles. The van der Waals surface area contributed by atoms with Crippen molar-refractivity contribution in [3.05, 3.63) is 71.6 Å². The van der Waals surface area contributed by atoms with Gasteiger partial charge in [-0.1, -0.05) is 41.9 Å². The molecule has 0 amide bonds. The number of rotatable bonds is 2. The highest BCUT2D eigenvalue weighted by Gasteiger charge is 2.17. The van der Waals surface area contributed by atoms with Gasteiger partial charge in [0, 0.05) is 10.6 Å². The van der Waals surface area contributed by atoms with Crippen LogP contribution in [0.4, 0.5) is 0 Å². The quantitative estimate of drug-likeness (QED) is 0.475. The van der Waals surface area contributed by atoms with Gasteiger partial charge in [-0.2, -0.15) is 5.10 Å². The molecule has 0 fully saturated rings. The first kappa shape index (κ1) is 15.0. The highest BCUT2D eigenvalue weighted by Crippen LogP contribution is 2.27. The lowest BCUT2D eigenvalue weighted by molar-refractivity contribution is 0.841. The van der Waals surface area contributed by atoms with Gasteiger partial charge in [-0.05, 0) is 31.2 Å². The number of hydrogen-bond acceptors (Lipinski definition) is 4. The molecule has 0 N–H and O–H groups in total. The van der Waals surface area contributed by atoms with E-state index in [9.17, 15) is 0 Å². The van der Waals surface area contributed by atoms with Crippen LogP contribution < -0.4 is 0 Å². The van der Waals surface area contributed by atoms with Crippen LogP contribution in [-0.4, -0.2) is 29.4 Å². The van der Waals surface area contributed by atoms with Gasteiger partial charge in [0.15, 0.2) is 0 Å². The summed E-state index contributed by atoms with van der Waals surface area (Å²) in [6, 6.07) is 17.7. The largest absolute Gasteiger partial charge is 0.277 e. The van der Waals surface area contributed by atoms with E-state index in [2.05, 4.69) is 27.4 Å². The first-order chi connectivity index (χ1) is 12.7. The van der Waals surface area contributed by atoms with Crippen molar-refractivity contribution in [2.45, 2.75) is 6.92 Å². The summed E-state index contributed by atoms with van der Waals surface area (Å²) in [5.41, 5.74) is 5.19. The van der Waals surface area contributed by atoms with Gasteiger partial charge in [0.2, 0.25) is 11.5 Å². The summed E-state index contributed by atoms with van der Waals surface area (Å²) in [6.07, 6.45) is 1.66. The Labute approximate surface area is 153 Å². The lowest BCUT2D eigenvalue weighted by atomic mass is 10.1. The molecule has 7 heteroatoms. The minimum Gasteiger partial charge on any atom is -0.277 e. The van der Waals surface area contributed by atoms with Gasteiger partial charge in [-0.3, -0.25) is 4.40 Å². The first-order valence-corrected chi connectivity index (χ1v) is 8.50. The minimum absolute atomic E-state index is 0.625. The zero-order chi connectivity index (χ0) is 17.7. The van der Waals surface area contributed by atoms with Crippen molar-refractivity contribution in [3.8, 4) is 17.1 Å². The Hall–Kier alpha value is -3.25. The van der Waals surface area contributed by atoms with Crippen LogP contribution in [0.1, 0.15) is 5.69 Å². The van der Waals surface area contributed by atoms with Gasteiger partial charge in [-0.15, -0.1) is 10.2 Å². The van der Waals surface area contributed by atoms with Gasteiger partial charge < -0.3 is 0 Å². The summed E-state index contributed by atoms with van der Waals surface area (Å²) in [5, 5.41) is 13.6. The second kappa shape index (κ2) is 5.64. The van der Waals surface area contributed by atoms with Crippen molar-refractivity contribution in [2.24, 2.45) is 0 Å². The Morgan fingerprint density at radius 3 is 2.69 bits per heavy atom. The molecule has 0 unspecified atom stereocenters. The maximum absolute atomic E-state index is 6.15. The fourth-order valence-corrected chi connectivity index (χ4v) is 3.30. The molecule has 0 aliphatic rings. The fraction of sp³-hybridized carbons (Fsp3) is 0.0526. The average molecular weight is 361 g/mol. The van der Waals surface area contributed by atoms with E-state index >= 15 is 0 Å². The van der Waals surface area contributed by atoms with Crippen LogP contribution in [-0.2, 0) is 0 Å². The standard InChI is InChI=1S/C19H13ClN6/c1-12-9-16(13-5-3-2-4-6-13)26(24-12)18-19-23-21-11-25(19)17-10-14(20)7-8-15(17)22-18/h2-11H,1H3. The highest BCUT2D eigenvalue weighted by atomic mass is 35.5. The van der Waals surface area contributed by atoms with E-state index in [0.29, 0.717) is 16.5 Å². The van der Waals surface area contributed by atoms with Gasteiger partial charge in [0.05, 0.1) is 22.4 Å². The Morgan fingerprint density at radius 1 is 1.00 bits per heavy atom. The molecule has 0 aliphatic carbocycles. The van der Waals surface area contributed by atoms with E-state index in [1.807, 2.05) is 58.5 Å². The molecule has 6 nitrogen and oxygen atoms in total. The molecule has 26 heavy (non-hydrogen) atoms. The molecule has 0 radical (unpaired) electrons. The first-order valence-electron chi connectivity index (χ1n) is 8.12. The molecule has 0 spiro atoms. The normalized spacial score (nSPS) is 11.5. The molecular formula is C19H13ClN6. The van der Waals surface area contributed by atoms with Crippen molar-refractivity contribution >= 4 is 28.3 Å². The molecule has 0 saturated heterocycles. The summed E-state index contributed by atoms with van der Waals surface area (Å²) in [7, 11) is 0. The maximum Gasteiger partial charge on any atom is 0.206 e. The van der Waals surface area contributed by atoms with Gasteiger partial charge in [-0.25, -0.2) is 9.67 Å². The smallest absolute Gasteiger partial charge is 0.206 e. The van der Waals surface area contributed by atoms with Gasteiger partial charge >= 0.3 is 0 Å². The zero-order valence-electron chi connectivity index (χ0n) is 13.8. The van der Waals surface area contributed by atoms with Crippen molar-refractivity contribution in [3.63, 3.8) is 0 Å². The molecular weight excluding hydrogens is 348 g/mol. The predicted octanol–water partition coefficient (Wildman–Crippen LogP) is 4.09. The second-order valence-electron chi connectivity index (χ2n) is 6.04. The average Bonchev–Trinajstić information content (AvgIpc) is 3.29. The SMILES string of the molecule is Cc1cc(-c2ccccc2)n(-c2nc3ccc(Cl)cc3n3cnnc23)n1. The molecule has 3 heterocycles. The summed E-state index contributed by atoms with van der Waals surface area (Å²) >= 11 is 6.15. The number of aryl methyl sites for hydroxylation is 1. The van der Waals surface area contributed by atoms with Crippen molar-refractivity contribution < 1.29 is 0 Å². The lowest BCUT2D eigenvalue weighted by Crippen LogP contribution is -2.06. The molecule has 0 saturated carbocycles. The van der Waals surface area contributed by atoms with Gasteiger partial charge in [0.1, 0.15) is 6.33 Å². The predicted molar refractivity (Wildman–Crippen MR) is 101 cm³/mol. The molecule has 0 aliphatic heterocycles. The van der Waals surface area contributed by atoms with Crippen LogP contribution >= 0.6 is 11.6 Å². The van der Waals surface area contributed by atoms with Crippen LogP contribution in [0.3, 0.4) is 0 Å². The van der Waals surface area contributed by atoms with E-state index in [1.165, 1.54) is 0 Å². The third kappa shape index (κ3) is 2.27. The molecule has 0 bridgehead atoms. The van der Waals surface area contributed by atoms with E-state index in [1.54, 1.807) is 6.33 Å². The summed E-state index contributed by atoms with van der Waals surface area (Å²) in [5.74, 6) is 0.629. The molecule has 0 atom stereocenters. The number of fused-ring (bicyclic) bond motifs is 3. The molecule has 126 valence electrons.